The normalized spacial score (nSPS) is 16.9. The molecule has 1 amide bonds. The molecule has 1 aromatic heterocycles. The summed E-state index contributed by atoms with van der Waals surface area (Å²) in [4.78, 5) is 42.9. The average molecular weight is 520 g/mol. The zero-order chi connectivity index (χ0) is 26.3. The molecular weight excluding hydrogens is 501 g/mol. The lowest BCUT2D eigenvalue weighted by Gasteiger charge is -2.22. The molecule has 1 fully saturated rings. The second kappa shape index (κ2) is 9.43. The average Bonchev–Trinajstić information content (AvgIpc) is 3.42. The van der Waals surface area contributed by atoms with Crippen LogP contribution < -0.4 is 9.64 Å². The molecule has 0 saturated carbocycles. The van der Waals surface area contributed by atoms with Gasteiger partial charge in [0.15, 0.2) is 5.13 Å². The third-order valence-corrected chi connectivity index (χ3v) is 6.86. The van der Waals surface area contributed by atoms with Crippen LogP contribution in [0.2, 0.25) is 0 Å². The number of hydrogen-bond acceptors (Lipinski definition) is 8. The molecule has 1 aliphatic heterocycles. The molecule has 2 heterocycles. The summed E-state index contributed by atoms with van der Waals surface area (Å²) in [6.07, 6.45) is 0. The molecule has 1 N–H and O–H groups in total. The van der Waals surface area contributed by atoms with Gasteiger partial charge < -0.3 is 9.84 Å². The van der Waals surface area contributed by atoms with Crippen LogP contribution in [-0.2, 0) is 9.59 Å². The van der Waals surface area contributed by atoms with Crippen molar-refractivity contribution >= 4 is 49.8 Å². The van der Waals surface area contributed by atoms with E-state index in [1.165, 1.54) is 41.3 Å². The third kappa shape index (κ3) is 4.29. The van der Waals surface area contributed by atoms with Crippen LogP contribution in [0.1, 0.15) is 24.1 Å². The maximum absolute atomic E-state index is 13.5. The lowest BCUT2D eigenvalue weighted by atomic mass is 9.95. The summed E-state index contributed by atoms with van der Waals surface area (Å²) in [6.45, 7) is 2.32. The molecule has 37 heavy (non-hydrogen) atoms. The van der Waals surface area contributed by atoms with Crippen molar-refractivity contribution in [2.24, 2.45) is 0 Å². The van der Waals surface area contributed by atoms with E-state index < -0.39 is 34.2 Å². The van der Waals surface area contributed by atoms with Crippen molar-refractivity contribution in [3.05, 3.63) is 99.4 Å². The highest BCUT2D eigenvalue weighted by Gasteiger charge is 2.48. The molecule has 0 bridgehead atoms. The highest BCUT2D eigenvalue weighted by atomic mass is 32.1. The van der Waals surface area contributed by atoms with Gasteiger partial charge >= 0.3 is 5.91 Å². The Labute approximate surface area is 213 Å². The van der Waals surface area contributed by atoms with Gasteiger partial charge in [0.05, 0.1) is 33.4 Å². The van der Waals surface area contributed by atoms with Crippen LogP contribution in [0.5, 0.6) is 5.75 Å². The third-order valence-electron chi connectivity index (χ3n) is 5.85. The number of aliphatic hydroxyl groups excluding tert-OH is 1. The van der Waals surface area contributed by atoms with Crippen LogP contribution in [0.25, 0.3) is 16.0 Å². The number of nitro groups is 1. The number of rotatable bonds is 6. The molecule has 1 saturated heterocycles. The van der Waals surface area contributed by atoms with E-state index in [-0.39, 0.29) is 22.0 Å². The van der Waals surface area contributed by atoms with Crippen LogP contribution in [-0.4, -0.2) is 33.3 Å². The monoisotopic (exact) mass is 519 g/mol. The van der Waals surface area contributed by atoms with Gasteiger partial charge in [-0.25, -0.2) is 9.37 Å². The number of benzene rings is 3. The van der Waals surface area contributed by atoms with Crippen LogP contribution in [0.15, 0.2) is 72.3 Å². The Hall–Kier alpha value is -4.64. The Kier molecular flexibility index (Phi) is 6.14. The Morgan fingerprint density at radius 1 is 1.14 bits per heavy atom. The molecule has 1 atom stereocenters. The summed E-state index contributed by atoms with van der Waals surface area (Å²) >= 11 is 1.16. The fourth-order valence-electron chi connectivity index (χ4n) is 4.14. The van der Waals surface area contributed by atoms with Crippen LogP contribution in [0.4, 0.5) is 15.2 Å². The van der Waals surface area contributed by atoms with E-state index >= 15 is 0 Å². The standard InChI is InChI=1S/C26H18FN3O6S/c1-2-36-18-11-12-19-20(13-18)37-26(28-19)29-22(14-5-9-17(10-6-14)30(34)35)21(24(32)25(29)33)23(31)15-3-7-16(27)8-4-15/h3-13,22,31H,2H2,1H3. The Balaban J connectivity index is 1.69. The summed E-state index contributed by atoms with van der Waals surface area (Å²) in [7, 11) is 0. The first-order valence-corrected chi connectivity index (χ1v) is 11.9. The molecule has 11 heteroatoms. The van der Waals surface area contributed by atoms with Crippen molar-refractivity contribution < 1.29 is 28.7 Å². The summed E-state index contributed by atoms with van der Waals surface area (Å²) < 4.78 is 19.7. The number of hydrogen-bond donors (Lipinski definition) is 1. The number of nitrogens with zero attached hydrogens (tertiary/aromatic N) is 3. The Morgan fingerprint density at radius 3 is 2.49 bits per heavy atom. The van der Waals surface area contributed by atoms with E-state index in [1.807, 2.05) is 6.92 Å². The maximum atomic E-state index is 13.5. The van der Waals surface area contributed by atoms with Crippen molar-refractivity contribution in [1.29, 1.82) is 0 Å². The first kappa shape index (κ1) is 24.1. The largest absolute Gasteiger partial charge is 0.507 e. The fourth-order valence-corrected chi connectivity index (χ4v) is 5.16. The number of halogens is 1. The topological polar surface area (TPSA) is 123 Å². The molecule has 0 radical (unpaired) electrons. The van der Waals surface area contributed by atoms with Gasteiger partial charge in [0, 0.05) is 17.7 Å². The van der Waals surface area contributed by atoms with Crippen molar-refractivity contribution in [2.45, 2.75) is 13.0 Å². The van der Waals surface area contributed by atoms with Gasteiger partial charge in [-0.15, -0.1) is 0 Å². The molecule has 1 aliphatic rings. The van der Waals surface area contributed by atoms with E-state index in [9.17, 15) is 29.2 Å². The van der Waals surface area contributed by atoms with Gasteiger partial charge in [0.25, 0.3) is 11.5 Å². The van der Waals surface area contributed by atoms with Crippen molar-refractivity contribution in [1.82, 2.24) is 4.98 Å². The number of amides is 1. The summed E-state index contributed by atoms with van der Waals surface area (Å²) in [5.74, 6) is -2.29. The van der Waals surface area contributed by atoms with E-state index in [0.29, 0.717) is 28.1 Å². The van der Waals surface area contributed by atoms with Crippen LogP contribution in [0, 0.1) is 15.9 Å². The van der Waals surface area contributed by atoms with Gasteiger partial charge in [-0.05, 0) is 67.1 Å². The van der Waals surface area contributed by atoms with Crippen molar-refractivity contribution in [3.8, 4) is 5.75 Å². The molecular formula is C26H18FN3O6S. The number of ketones is 1. The van der Waals surface area contributed by atoms with Crippen LogP contribution >= 0.6 is 11.3 Å². The smallest absolute Gasteiger partial charge is 0.301 e. The molecule has 1 unspecified atom stereocenters. The maximum Gasteiger partial charge on any atom is 0.301 e. The minimum absolute atomic E-state index is 0.136. The van der Waals surface area contributed by atoms with Gasteiger partial charge in [0.2, 0.25) is 0 Å². The van der Waals surface area contributed by atoms with Gasteiger partial charge in [0.1, 0.15) is 17.3 Å². The minimum atomic E-state index is -1.13. The molecule has 0 aliphatic carbocycles. The molecule has 5 rings (SSSR count). The molecule has 186 valence electrons. The predicted molar refractivity (Wildman–Crippen MR) is 135 cm³/mol. The quantitative estimate of drug-likeness (QED) is 0.119. The minimum Gasteiger partial charge on any atom is -0.507 e. The molecule has 4 aromatic rings. The SMILES string of the molecule is CCOc1ccc2nc(N3C(=O)C(=O)C(=C(O)c4ccc(F)cc4)C3c3ccc([N+](=O)[O-])cc3)sc2c1. The number of non-ortho nitro benzene ring substituents is 1. The molecule has 9 nitrogen and oxygen atoms in total. The van der Waals surface area contributed by atoms with Gasteiger partial charge in [-0.2, -0.15) is 0 Å². The first-order chi connectivity index (χ1) is 17.8. The van der Waals surface area contributed by atoms with Crippen molar-refractivity contribution in [3.63, 3.8) is 0 Å². The fraction of sp³-hybridized carbons (Fsp3) is 0.115. The first-order valence-electron chi connectivity index (χ1n) is 11.1. The Morgan fingerprint density at radius 2 is 1.84 bits per heavy atom. The van der Waals surface area contributed by atoms with Gasteiger partial charge in [-0.1, -0.05) is 11.3 Å². The number of aliphatic hydroxyl groups is 1. The lowest BCUT2D eigenvalue weighted by Crippen LogP contribution is -2.29. The number of aromatic nitrogens is 1. The van der Waals surface area contributed by atoms with Crippen LogP contribution in [0.3, 0.4) is 0 Å². The second-order valence-electron chi connectivity index (χ2n) is 8.08. The number of carbonyl (C=O) groups excluding carboxylic acids is 2. The summed E-state index contributed by atoms with van der Waals surface area (Å²) in [6, 6.07) is 14.3. The number of thiazole rings is 1. The molecule has 0 spiro atoms. The highest BCUT2D eigenvalue weighted by molar-refractivity contribution is 7.22. The van der Waals surface area contributed by atoms with E-state index in [0.717, 1.165) is 23.5 Å². The number of Topliss-reactive ketones (excluding diaryl/α,β-unsaturated/α-hetero) is 1. The van der Waals surface area contributed by atoms with E-state index in [2.05, 4.69) is 4.98 Å². The second-order valence-corrected chi connectivity index (χ2v) is 9.09. The highest BCUT2D eigenvalue weighted by Crippen LogP contribution is 2.44. The van der Waals surface area contributed by atoms with Crippen molar-refractivity contribution in [2.75, 3.05) is 11.5 Å². The number of fused-ring (bicyclic) bond motifs is 1. The summed E-state index contributed by atoms with van der Waals surface area (Å²) in [5.41, 5.74) is 0.647. The zero-order valence-electron chi connectivity index (χ0n) is 19.3. The zero-order valence-corrected chi connectivity index (χ0v) is 20.1. The van der Waals surface area contributed by atoms with E-state index in [1.54, 1.807) is 18.2 Å². The molecule has 3 aromatic carbocycles. The number of ether oxygens (including phenoxy) is 1. The number of anilines is 1. The lowest BCUT2D eigenvalue weighted by molar-refractivity contribution is -0.384. The Bertz CT molecular complexity index is 1580. The number of nitro benzene ring substituents is 1. The van der Waals surface area contributed by atoms with E-state index in [4.69, 9.17) is 4.74 Å². The summed E-state index contributed by atoms with van der Waals surface area (Å²) in [5, 5.41) is 22.5. The number of carbonyl (C=O) groups is 2. The predicted octanol–water partition coefficient (Wildman–Crippen LogP) is 5.37. The van der Waals surface area contributed by atoms with Gasteiger partial charge in [-0.3, -0.25) is 24.6 Å².